The van der Waals surface area contributed by atoms with Gasteiger partial charge in [-0.1, -0.05) is 5.16 Å². The van der Waals surface area contributed by atoms with Crippen LogP contribution in [0.4, 0.5) is 5.13 Å². The molecule has 126 valence electrons. The van der Waals surface area contributed by atoms with Crippen LogP contribution in [0.25, 0.3) is 0 Å². The number of β-lactam (4-membered cyclic amide) rings is 1. The van der Waals surface area contributed by atoms with Crippen LogP contribution in [-0.2, 0) is 24.1 Å². The van der Waals surface area contributed by atoms with Crippen molar-refractivity contribution in [3.8, 4) is 0 Å². The summed E-state index contributed by atoms with van der Waals surface area (Å²) in [5, 5.41) is 17.1. The van der Waals surface area contributed by atoms with Crippen LogP contribution < -0.4 is 62.4 Å². The monoisotopic (exact) mass is 383 g/mol. The van der Waals surface area contributed by atoms with Crippen LogP contribution in [0.5, 0.6) is 0 Å². The average molecular weight is 383 g/mol. The van der Waals surface area contributed by atoms with Crippen LogP contribution in [0.1, 0.15) is 7.12 Å². The van der Waals surface area contributed by atoms with Crippen LogP contribution in [-0.4, -0.2) is 65.0 Å². The predicted octanol–water partition coefficient (Wildman–Crippen LogP) is -4.46. The van der Waals surface area contributed by atoms with Gasteiger partial charge in [-0.15, -0.1) is 11.3 Å². The molecule has 0 aliphatic carbocycles. The van der Waals surface area contributed by atoms with E-state index in [9.17, 15) is 14.4 Å². The fraction of sp³-hybridized carbons (Fsp3) is 0.364. The van der Waals surface area contributed by atoms with Gasteiger partial charge in [0.2, 0.25) is 0 Å². The number of aliphatic carboxylic acids is 1. The molecule has 1 unspecified atom stereocenters. The zero-order chi connectivity index (χ0) is 17.0. The Bertz CT molecular complexity index is 671. The SMILES string of the molecule is CO/N=C(\C(=O)NC1CN(OCC(=O)O)C1=O)c1csc(N)n1.[H-].[K+]. The van der Waals surface area contributed by atoms with Crippen molar-refractivity contribution in [2.45, 2.75) is 6.04 Å². The van der Waals surface area contributed by atoms with E-state index in [-0.39, 0.29) is 75.9 Å². The van der Waals surface area contributed by atoms with E-state index in [1.165, 1.54) is 12.5 Å². The summed E-state index contributed by atoms with van der Waals surface area (Å²) in [6.07, 6.45) is 0. The Balaban J connectivity index is 0.00000288. The number of oxime groups is 1. The summed E-state index contributed by atoms with van der Waals surface area (Å²) < 4.78 is 0. The van der Waals surface area contributed by atoms with Gasteiger partial charge in [0, 0.05) is 5.38 Å². The molecular formula is C11H14KN5O6S. The van der Waals surface area contributed by atoms with Crippen LogP contribution >= 0.6 is 11.3 Å². The fourth-order valence-corrected chi connectivity index (χ4v) is 2.22. The quantitative estimate of drug-likeness (QED) is 0.184. The summed E-state index contributed by atoms with van der Waals surface area (Å²) in [6.45, 7) is -0.613. The number of thiazole rings is 1. The Kier molecular flexibility index (Phi) is 8.21. The summed E-state index contributed by atoms with van der Waals surface area (Å²) in [5.41, 5.74) is 5.60. The number of carboxylic acid groups (broad SMARTS) is 1. The van der Waals surface area contributed by atoms with Crippen molar-refractivity contribution in [1.82, 2.24) is 15.4 Å². The maximum atomic E-state index is 12.2. The summed E-state index contributed by atoms with van der Waals surface area (Å²) >= 11 is 1.12. The molecule has 1 aromatic heterocycles. The van der Waals surface area contributed by atoms with E-state index in [1.54, 1.807) is 0 Å². The van der Waals surface area contributed by atoms with Crippen molar-refractivity contribution in [2.24, 2.45) is 5.16 Å². The van der Waals surface area contributed by atoms with Gasteiger partial charge < -0.3 is 22.4 Å². The first-order valence-electron chi connectivity index (χ1n) is 6.22. The molecule has 0 aromatic carbocycles. The normalized spacial score (nSPS) is 16.9. The first kappa shape index (κ1) is 21.0. The van der Waals surface area contributed by atoms with E-state index in [0.717, 1.165) is 16.4 Å². The number of carboxylic acids is 1. The minimum absolute atomic E-state index is 0. The number of hydrogen-bond donors (Lipinski definition) is 3. The molecule has 2 amide bonds. The Labute approximate surface area is 184 Å². The molecule has 1 aliphatic rings. The zero-order valence-electron chi connectivity index (χ0n) is 13.9. The predicted molar refractivity (Wildman–Crippen MR) is 78.4 cm³/mol. The van der Waals surface area contributed by atoms with Crippen LogP contribution in [0.15, 0.2) is 10.5 Å². The van der Waals surface area contributed by atoms with Gasteiger partial charge in [-0.3, -0.25) is 14.4 Å². The largest absolute Gasteiger partial charge is 1.00 e. The third-order valence-corrected chi connectivity index (χ3v) is 3.38. The molecule has 1 saturated heterocycles. The van der Waals surface area contributed by atoms with E-state index < -0.39 is 30.4 Å². The van der Waals surface area contributed by atoms with Gasteiger partial charge in [-0.2, -0.15) is 0 Å². The Morgan fingerprint density at radius 3 is 2.88 bits per heavy atom. The summed E-state index contributed by atoms with van der Waals surface area (Å²) in [6, 6.07) is -0.839. The van der Waals surface area contributed by atoms with Crippen LogP contribution in [0.3, 0.4) is 0 Å². The number of carbonyl (C=O) groups is 3. The van der Waals surface area contributed by atoms with Gasteiger partial charge in [0.25, 0.3) is 11.8 Å². The van der Waals surface area contributed by atoms with Gasteiger partial charge in [0.15, 0.2) is 17.5 Å². The standard InChI is InChI=1S/C11H13N5O6S.K.H/c1-21-15-8(6-4-23-11(12)14-6)9(19)13-5-2-16(10(5)20)22-3-7(17)18;;/h4-5H,2-3H2,1H3,(H2,12,14)(H,13,19)(H,17,18);;/q;+1;-1/b15-8-;;. The number of rotatable bonds is 7. The number of nitrogens with two attached hydrogens (primary N) is 1. The van der Waals surface area contributed by atoms with Crippen molar-refractivity contribution in [2.75, 3.05) is 26.0 Å². The third kappa shape index (κ3) is 5.20. The summed E-state index contributed by atoms with van der Waals surface area (Å²) in [5.74, 6) is -2.44. The zero-order valence-corrected chi connectivity index (χ0v) is 16.8. The second-order valence-electron chi connectivity index (χ2n) is 4.29. The molecular weight excluding hydrogens is 369 g/mol. The molecule has 0 bridgehead atoms. The van der Waals surface area contributed by atoms with Gasteiger partial charge in [-0.05, 0) is 0 Å². The number of aromatic nitrogens is 1. The van der Waals surface area contributed by atoms with E-state index in [2.05, 4.69) is 20.3 Å². The first-order valence-corrected chi connectivity index (χ1v) is 7.09. The Hall–Kier alpha value is -1.09. The van der Waals surface area contributed by atoms with Gasteiger partial charge in [0.05, 0.1) is 6.54 Å². The molecule has 1 aliphatic heterocycles. The number of hydroxylamine groups is 2. The topological polar surface area (TPSA) is 156 Å². The molecule has 2 heterocycles. The molecule has 1 fully saturated rings. The van der Waals surface area contributed by atoms with Gasteiger partial charge in [-0.25, -0.2) is 14.8 Å². The molecule has 2 rings (SSSR count). The van der Waals surface area contributed by atoms with Gasteiger partial charge in [0.1, 0.15) is 18.8 Å². The molecule has 13 heteroatoms. The minimum atomic E-state index is -1.21. The maximum absolute atomic E-state index is 12.2. The fourth-order valence-electron chi connectivity index (χ4n) is 1.67. The van der Waals surface area contributed by atoms with Crippen molar-refractivity contribution in [1.29, 1.82) is 0 Å². The van der Waals surface area contributed by atoms with Gasteiger partial charge >= 0.3 is 57.4 Å². The van der Waals surface area contributed by atoms with E-state index in [0.29, 0.717) is 0 Å². The number of anilines is 1. The molecule has 0 spiro atoms. The van der Waals surface area contributed by atoms with E-state index in [4.69, 9.17) is 15.7 Å². The molecule has 4 N–H and O–H groups in total. The molecule has 24 heavy (non-hydrogen) atoms. The number of hydrogen-bond acceptors (Lipinski definition) is 9. The summed E-state index contributed by atoms with van der Waals surface area (Å²) in [7, 11) is 1.26. The van der Waals surface area contributed by atoms with Crippen molar-refractivity contribution in [3.63, 3.8) is 0 Å². The number of nitrogen functional groups attached to an aromatic ring is 1. The minimum Gasteiger partial charge on any atom is -1.00 e. The number of nitrogens with zero attached hydrogens (tertiary/aromatic N) is 3. The second kappa shape index (κ2) is 9.41. The van der Waals surface area contributed by atoms with Crippen molar-refractivity contribution in [3.05, 3.63) is 11.1 Å². The Morgan fingerprint density at radius 1 is 1.67 bits per heavy atom. The number of amides is 2. The third-order valence-electron chi connectivity index (χ3n) is 2.70. The first-order chi connectivity index (χ1) is 10.9. The number of nitrogens with one attached hydrogen (secondary N) is 1. The molecule has 1 atom stereocenters. The smallest absolute Gasteiger partial charge is 1.00 e. The van der Waals surface area contributed by atoms with Crippen molar-refractivity contribution < 1.29 is 82.0 Å². The molecule has 0 saturated carbocycles. The van der Waals surface area contributed by atoms with Crippen LogP contribution in [0, 0.1) is 0 Å². The molecule has 0 radical (unpaired) electrons. The second-order valence-corrected chi connectivity index (χ2v) is 5.18. The molecule has 1 aromatic rings. The van der Waals surface area contributed by atoms with E-state index in [1.807, 2.05) is 0 Å². The summed E-state index contributed by atoms with van der Waals surface area (Å²) in [4.78, 5) is 47.5. The number of carbonyl (C=O) groups excluding carboxylic acids is 2. The van der Waals surface area contributed by atoms with E-state index >= 15 is 0 Å². The average Bonchev–Trinajstić information content (AvgIpc) is 2.92. The molecule has 11 nitrogen and oxygen atoms in total. The van der Waals surface area contributed by atoms with Crippen molar-refractivity contribution >= 4 is 40.0 Å². The van der Waals surface area contributed by atoms with Crippen LogP contribution in [0.2, 0.25) is 0 Å². The maximum Gasteiger partial charge on any atom is 1.00 e. The Morgan fingerprint density at radius 2 is 2.38 bits per heavy atom.